The fraction of sp³-hybridized carbons (Fsp3) is 0.211. The summed E-state index contributed by atoms with van der Waals surface area (Å²) in [6, 6.07) is 16.4. The van der Waals surface area contributed by atoms with Crippen LogP contribution in [0, 0.1) is 0 Å². The first-order chi connectivity index (χ1) is 11.0. The van der Waals surface area contributed by atoms with E-state index in [0.29, 0.717) is 0 Å². The van der Waals surface area contributed by atoms with Crippen LogP contribution in [0.1, 0.15) is 19.4 Å². The van der Waals surface area contributed by atoms with Gasteiger partial charge in [0.05, 0.1) is 11.2 Å². The van der Waals surface area contributed by atoms with Crippen LogP contribution in [-0.4, -0.2) is 10.6 Å². The average Bonchev–Trinajstić information content (AvgIpc) is 2.82. The Kier molecular flexibility index (Phi) is 3.31. The number of benzene rings is 2. The molecule has 0 saturated carbocycles. The number of pyridine rings is 1. The molecule has 0 radical (unpaired) electrons. The van der Waals surface area contributed by atoms with Crippen molar-refractivity contribution in [2.75, 3.05) is 5.32 Å². The molecule has 4 rings (SSSR count). The van der Waals surface area contributed by atoms with E-state index in [2.05, 4.69) is 64.3 Å². The van der Waals surface area contributed by atoms with Crippen LogP contribution in [0.4, 0.5) is 11.5 Å². The minimum absolute atomic E-state index is 0.150. The van der Waals surface area contributed by atoms with Gasteiger partial charge in [-0.3, -0.25) is 0 Å². The van der Waals surface area contributed by atoms with Gasteiger partial charge in [0.2, 0.25) is 0 Å². The van der Waals surface area contributed by atoms with Gasteiger partial charge in [0.15, 0.2) is 0 Å². The highest BCUT2D eigenvalue weighted by Crippen LogP contribution is 2.41. The first-order valence-electron chi connectivity index (χ1n) is 7.64. The lowest BCUT2D eigenvalue weighted by atomic mass is 10.0. The summed E-state index contributed by atoms with van der Waals surface area (Å²) >= 11 is 3.49. The van der Waals surface area contributed by atoms with E-state index >= 15 is 0 Å². The van der Waals surface area contributed by atoms with Gasteiger partial charge < -0.3 is 10.1 Å². The van der Waals surface area contributed by atoms with Gasteiger partial charge in [-0.05, 0) is 50.2 Å². The number of anilines is 2. The average molecular weight is 369 g/mol. The molecule has 1 aromatic heterocycles. The Morgan fingerprint density at radius 3 is 2.87 bits per heavy atom. The van der Waals surface area contributed by atoms with Crippen molar-refractivity contribution in [1.82, 2.24) is 4.98 Å². The summed E-state index contributed by atoms with van der Waals surface area (Å²) in [5, 5.41) is 4.51. The molecule has 2 aromatic carbocycles. The lowest BCUT2D eigenvalue weighted by molar-refractivity contribution is 0.139. The molecule has 4 heteroatoms. The summed E-state index contributed by atoms with van der Waals surface area (Å²) in [6.45, 7) is 4.23. The van der Waals surface area contributed by atoms with Gasteiger partial charge in [-0.25, -0.2) is 4.98 Å². The molecule has 0 spiro atoms. The zero-order valence-electron chi connectivity index (χ0n) is 13.1. The van der Waals surface area contributed by atoms with Crippen molar-refractivity contribution in [3.05, 3.63) is 58.6 Å². The molecule has 1 aliphatic heterocycles. The molecule has 116 valence electrons. The summed E-state index contributed by atoms with van der Waals surface area (Å²) < 4.78 is 7.16. The summed E-state index contributed by atoms with van der Waals surface area (Å²) in [5.41, 5.74) is 3.03. The number of halogens is 1. The van der Waals surface area contributed by atoms with E-state index < -0.39 is 0 Å². The summed E-state index contributed by atoms with van der Waals surface area (Å²) in [5.74, 6) is 1.76. The Labute approximate surface area is 143 Å². The van der Waals surface area contributed by atoms with Gasteiger partial charge in [-0.2, -0.15) is 0 Å². The van der Waals surface area contributed by atoms with Crippen LogP contribution >= 0.6 is 15.9 Å². The molecule has 0 aliphatic carbocycles. The van der Waals surface area contributed by atoms with Crippen molar-refractivity contribution in [1.29, 1.82) is 0 Å². The topological polar surface area (TPSA) is 34.2 Å². The number of hydrogen-bond acceptors (Lipinski definition) is 3. The monoisotopic (exact) mass is 368 g/mol. The lowest BCUT2D eigenvalue weighted by Gasteiger charge is -2.18. The normalized spacial score (nSPS) is 15.3. The molecule has 3 nitrogen and oxygen atoms in total. The number of nitrogens with one attached hydrogen (secondary N) is 1. The van der Waals surface area contributed by atoms with Crippen LogP contribution in [-0.2, 0) is 6.42 Å². The van der Waals surface area contributed by atoms with E-state index in [9.17, 15) is 0 Å². The third-order valence-electron chi connectivity index (χ3n) is 4.01. The Balaban J connectivity index is 1.70. The molecule has 0 bridgehead atoms. The fourth-order valence-electron chi connectivity index (χ4n) is 3.02. The van der Waals surface area contributed by atoms with Gasteiger partial charge in [0.1, 0.15) is 17.2 Å². The van der Waals surface area contributed by atoms with E-state index in [0.717, 1.165) is 39.1 Å². The van der Waals surface area contributed by atoms with Gasteiger partial charge in [-0.1, -0.05) is 28.1 Å². The molecular formula is C19H17BrN2O. The second-order valence-corrected chi connectivity index (χ2v) is 7.41. The third kappa shape index (κ3) is 2.79. The molecule has 0 atom stereocenters. The molecule has 3 aromatic rings. The van der Waals surface area contributed by atoms with Gasteiger partial charge >= 0.3 is 0 Å². The number of fused-ring (bicyclic) bond motifs is 2. The number of hydrogen-bond donors (Lipinski definition) is 1. The first kappa shape index (κ1) is 14.5. The Hall–Kier alpha value is -2.07. The fourth-order valence-corrected chi connectivity index (χ4v) is 3.40. The van der Waals surface area contributed by atoms with Gasteiger partial charge in [-0.15, -0.1) is 0 Å². The van der Waals surface area contributed by atoms with E-state index in [1.54, 1.807) is 0 Å². The standard InChI is InChI=1S/C19H17BrN2O/c1-19(2)11-13-4-3-5-16(18(13)23-19)22-17-9-6-12-10-14(20)7-8-15(12)21-17/h3-10H,11H2,1-2H3,(H,21,22). The Morgan fingerprint density at radius 2 is 2.00 bits per heavy atom. The number of rotatable bonds is 2. The van der Waals surface area contributed by atoms with Crippen LogP contribution in [0.25, 0.3) is 10.9 Å². The number of ether oxygens (including phenoxy) is 1. The predicted molar refractivity (Wildman–Crippen MR) is 97.6 cm³/mol. The Morgan fingerprint density at radius 1 is 1.13 bits per heavy atom. The maximum Gasteiger partial charge on any atom is 0.146 e. The number of aromatic nitrogens is 1. The molecule has 0 unspecified atom stereocenters. The molecule has 1 N–H and O–H groups in total. The first-order valence-corrected chi connectivity index (χ1v) is 8.44. The van der Waals surface area contributed by atoms with Crippen LogP contribution in [0.5, 0.6) is 5.75 Å². The third-order valence-corrected chi connectivity index (χ3v) is 4.50. The van der Waals surface area contributed by atoms with Crippen molar-refractivity contribution in [2.45, 2.75) is 25.9 Å². The molecular weight excluding hydrogens is 352 g/mol. The van der Waals surface area contributed by atoms with Crippen LogP contribution < -0.4 is 10.1 Å². The predicted octanol–water partition coefficient (Wildman–Crippen LogP) is 5.45. The summed E-state index contributed by atoms with van der Waals surface area (Å²) in [7, 11) is 0. The van der Waals surface area contributed by atoms with Crippen molar-refractivity contribution in [3.8, 4) is 5.75 Å². The summed E-state index contributed by atoms with van der Waals surface area (Å²) in [6.07, 6.45) is 0.928. The molecule has 0 fully saturated rings. The minimum atomic E-state index is -0.150. The SMILES string of the molecule is CC1(C)Cc2cccc(Nc3ccc4cc(Br)ccc4n3)c2O1. The van der Waals surface area contributed by atoms with Gasteiger partial charge in [0.25, 0.3) is 0 Å². The highest BCUT2D eigenvalue weighted by molar-refractivity contribution is 9.10. The van der Waals surface area contributed by atoms with E-state index in [1.165, 1.54) is 5.56 Å². The quantitative estimate of drug-likeness (QED) is 0.652. The second kappa shape index (κ2) is 5.24. The molecule has 23 heavy (non-hydrogen) atoms. The second-order valence-electron chi connectivity index (χ2n) is 6.49. The highest BCUT2D eigenvalue weighted by Gasteiger charge is 2.31. The number of para-hydroxylation sites is 1. The number of nitrogens with zero attached hydrogens (tertiary/aromatic N) is 1. The van der Waals surface area contributed by atoms with Crippen LogP contribution in [0.2, 0.25) is 0 Å². The highest BCUT2D eigenvalue weighted by atomic mass is 79.9. The Bertz CT molecular complexity index is 905. The van der Waals surface area contributed by atoms with Crippen LogP contribution in [0.15, 0.2) is 53.0 Å². The van der Waals surface area contributed by atoms with Crippen molar-refractivity contribution in [3.63, 3.8) is 0 Å². The van der Waals surface area contributed by atoms with E-state index in [1.807, 2.05) is 24.3 Å². The minimum Gasteiger partial charge on any atom is -0.485 e. The molecule has 0 amide bonds. The molecule has 0 saturated heterocycles. The maximum absolute atomic E-state index is 6.10. The molecule has 1 aliphatic rings. The zero-order valence-corrected chi connectivity index (χ0v) is 14.6. The maximum atomic E-state index is 6.10. The zero-order chi connectivity index (χ0) is 16.0. The largest absolute Gasteiger partial charge is 0.485 e. The lowest BCUT2D eigenvalue weighted by Crippen LogP contribution is -2.24. The van der Waals surface area contributed by atoms with E-state index in [-0.39, 0.29) is 5.60 Å². The molecule has 2 heterocycles. The summed E-state index contributed by atoms with van der Waals surface area (Å²) in [4.78, 5) is 4.69. The van der Waals surface area contributed by atoms with Crippen LogP contribution in [0.3, 0.4) is 0 Å². The van der Waals surface area contributed by atoms with Crippen molar-refractivity contribution >= 4 is 38.3 Å². The smallest absolute Gasteiger partial charge is 0.146 e. The van der Waals surface area contributed by atoms with Crippen molar-refractivity contribution < 1.29 is 4.74 Å². The van der Waals surface area contributed by atoms with Gasteiger partial charge in [0, 0.05) is 21.8 Å². The van der Waals surface area contributed by atoms with E-state index in [4.69, 9.17) is 4.74 Å². The van der Waals surface area contributed by atoms with Crippen molar-refractivity contribution in [2.24, 2.45) is 0 Å².